The van der Waals surface area contributed by atoms with Gasteiger partial charge < -0.3 is 15.4 Å². The number of hydrogen-bond donors (Lipinski definition) is 2. The first-order valence-corrected chi connectivity index (χ1v) is 8.58. The molecule has 0 aliphatic carbocycles. The van der Waals surface area contributed by atoms with E-state index < -0.39 is 23.6 Å². The van der Waals surface area contributed by atoms with Gasteiger partial charge in [-0.15, -0.1) is 0 Å². The van der Waals surface area contributed by atoms with Gasteiger partial charge in [-0.3, -0.25) is 4.79 Å². The summed E-state index contributed by atoms with van der Waals surface area (Å²) in [6.07, 6.45) is 0. The normalized spacial score (nSPS) is 16.4. The Labute approximate surface area is 161 Å². The number of ketones is 1. The first kappa shape index (κ1) is 18.7. The van der Waals surface area contributed by atoms with E-state index in [1.807, 2.05) is 31.2 Å². The molecule has 3 rings (SSSR count). The van der Waals surface area contributed by atoms with Gasteiger partial charge in [-0.2, -0.15) is 0 Å². The SMILES string of the molecule is COC(=O)C(=O)C1=C(c2ccc(C)cc2)NC(=S)N[C@H]1c1cccc(F)c1. The second-order valence-electron chi connectivity index (χ2n) is 6.06. The van der Waals surface area contributed by atoms with E-state index in [1.54, 1.807) is 6.07 Å². The summed E-state index contributed by atoms with van der Waals surface area (Å²) >= 11 is 5.27. The molecule has 0 bridgehead atoms. The van der Waals surface area contributed by atoms with Crippen LogP contribution < -0.4 is 10.6 Å². The third-order valence-corrected chi connectivity index (χ3v) is 4.43. The lowest BCUT2D eigenvalue weighted by molar-refractivity contribution is -0.150. The molecular weight excluding hydrogens is 367 g/mol. The minimum Gasteiger partial charge on any atom is -0.463 e. The van der Waals surface area contributed by atoms with E-state index in [-0.39, 0.29) is 10.7 Å². The first-order chi connectivity index (χ1) is 12.9. The van der Waals surface area contributed by atoms with Crippen molar-refractivity contribution in [3.05, 3.63) is 76.6 Å². The molecule has 7 heteroatoms. The van der Waals surface area contributed by atoms with Crippen LogP contribution in [0, 0.1) is 12.7 Å². The maximum atomic E-state index is 13.8. The molecule has 0 aromatic heterocycles. The van der Waals surface area contributed by atoms with Crippen molar-refractivity contribution in [3.8, 4) is 0 Å². The van der Waals surface area contributed by atoms with Crippen LogP contribution in [0.25, 0.3) is 5.70 Å². The van der Waals surface area contributed by atoms with E-state index >= 15 is 0 Å². The molecule has 2 N–H and O–H groups in total. The number of thiocarbonyl (C=S) groups is 1. The molecule has 138 valence electrons. The molecule has 0 saturated heterocycles. The number of rotatable bonds is 4. The van der Waals surface area contributed by atoms with Crippen molar-refractivity contribution in [2.75, 3.05) is 7.11 Å². The standard InChI is InChI=1S/C20H17FN2O3S/c1-11-6-8-12(9-7-11)16-15(18(24)19(25)26-2)17(23-20(27)22-16)13-4-3-5-14(21)10-13/h3-10,17H,1-2H3,(H2,22,23,27)/t17-/m0/s1. The minimum absolute atomic E-state index is 0.116. The Hall–Kier alpha value is -3.06. The van der Waals surface area contributed by atoms with Gasteiger partial charge in [-0.05, 0) is 42.4 Å². The lowest BCUT2D eigenvalue weighted by atomic mass is 9.90. The maximum Gasteiger partial charge on any atom is 0.379 e. The Morgan fingerprint density at radius 1 is 1.15 bits per heavy atom. The first-order valence-electron chi connectivity index (χ1n) is 8.17. The number of benzene rings is 2. The molecule has 0 unspecified atom stereocenters. The molecule has 1 aliphatic heterocycles. The number of carbonyl (C=O) groups excluding carboxylic acids is 2. The van der Waals surface area contributed by atoms with Crippen molar-refractivity contribution >= 4 is 34.8 Å². The average Bonchev–Trinajstić information content (AvgIpc) is 2.66. The number of nitrogens with one attached hydrogen (secondary N) is 2. The predicted molar refractivity (Wildman–Crippen MR) is 103 cm³/mol. The molecule has 0 saturated carbocycles. The number of Topliss-reactive ketones (excluding diaryl/α,β-unsaturated/α-hetero) is 1. The smallest absolute Gasteiger partial charge is 0.379 e. The lowest BCUT2D eigenvalue weighted by Gasteiger charge is -2.31. The summed E-state index contributed by atoms with van der Waals surface area (Å²) in [4.78, 5) is 24.8. The van der Waals surface area contributed by atoms with Crippen molar-refractivity contribution in [2.45, 2.75) is 13.0 Å². The monoisotopic (exact) mass is 384 g/mol. The maximum absolute atomic E-state index is 13.8. The summed E-state index contributed by atoms with van der Waals surface area (Å²) in [6, 6.07) is 12.4. The van der Waals surface area contributed by atoms with E-state index in [4.69, 9.17) is 12.2 Å². The molecule has 0 radical (unpaired) electrons. The zero-order valence-electron chi connectivity index (χ0n) is 14.7. The molecule has 1 heterocycles. The van der Waals surface area contributed by atoms with Crippen LogP contribution >= 0.6 is 12.2 Å². The van der Waals surface area contributed by atoms with Crippen molar-refractivity contribution in [1.82, 2.24) is 10.6 Å². The van der Waals surface area contributed by atoms with Gasteiger partial charge in [0.2, 0.25) is 0 Å². The summed E-state index contributed by atoms with van der Waals surface area (Å²) in [5.41, 5.74) is 2.69. The summed E-state index contributed by atoms with van der Waals surface area (Å²) in [6.45, 7) is 1.94. The third-order valence-electron chi connectivity index (χ3n) is 4.21. The van der Waals surface area contributed by atoms with E-state index in [1.165, 1.54) is 18.2 Å². The van der Waals surface area contributed by atoms with Gasteiger partial charge in [0.05, 0.1) is 24.4 Å². The topological polar surface area (TPSA) is 67.4 Å². The van der Waals surface area contributed by atoms with Crippen LogP contribution in [-0.2, 0) is 14.3 Å². The molecule has 27 heavy (non-hydrogen) atoms. The van der Waals surface area contributed by atoms with Crippen LogP contribution in [0.4, 0.5) is 4.39 Å². The van der Waals surface area contributed by atoms with Crippen molar-refractivity contribution < 1.29 is 18.7 Å². The Bertz CT molecular complexity index is 954. The predicted octanol–water partition coefficient (Wildman–Crippen LogP) is 2.81. The Morgan fingerprint density at radius 3 is 2.48 bits per heavy atom. The fourth-order valence-corrected chi connectivity index (χ4v) is 3.12. The highest BCUT2D eigenvalue weighted by Crippen LogP contribution is 2.32. The molecule has 1 aliphatic rings. The molecule has 0 spiro atoms. The second kappa shape index (κ2) is 7.67. The van der Waals surface area contributed by atoms with E-state index in [0.717, 1.165) is 12.7 Å². The van der Waals surface area contributed by atoms with Gasteiger partial charge in [0.25, 0.3) is 5.78 Å². The van der Waals surface area contributed by atoms with Crippen LogP contribution in [0.2, 0.25) is 0 Å². The number of methoxy groups -OCH3 is 1. The van der Waals surface area contributed by atoms with E-state index in [2.05, 4.69) is 15.4 Å². The van der Waals surface area contributed by atoms with Crippen LogP contribution in [0.3, 0.4) is 0 Å². The minimum atomic E-state index is -1.01. The number of halogens is 1. The number of ether oxygens (including phenoxy) is 1. The van der Waals surface area contributed by atoms with Gasteiger partial charge in [0.1, 0.15) is 5.82 Å². The van der Waals surface area contributed by atoms with Gasteiger partial charge in [0, 0.05) is 0 Å². The van der Waals surface area contributed by atoms with Crippen LogP contribution in [0.1, 0.15) is 22.7 Å². The summed E-state index contributed by atoms with van der Waals surface area (Å²) < 4.78 is 18.4. The second-order valence-corrected chi connectivity index (χ2v) is 6.47. The summed E-state index contributed by atoms with van der Waals surface area (Å²) in [5, 5.41) is 6.17. The number of esters is 1. The molecule has 5 nitrogen and oxygen atoms in total. The largest absolute Gasteiger partial charge is 0.463 e. The average molecular weight is 384 g/mol. The zero-order chi connectivity index (χ0) is 19.6. The number of aryl methyl sites for hydroxylation is 1. The van der Waals surface area contributed by atoms with Crippen LogP contribution in [-0.4, -0.2) is 24.0 Å². The number of carbonyl (C=O) groups is 2. The molecule has 1 atom stereocenters. The van der Waals surface area contributed by atoms with E-state index in [9.17, 15) is 14.0 Å². The third kappa shape index (κ3) is 3.88. The highest BCUT2D eigenvalue weighted by Gasteiger charge is 2.35. The van der Waals surface area contributed by atoms with Gasteiger partial charge in [-0.1, -0.05) is 42.0 Å². The van der Waals surface area contributed by atoms with Gasteiger partial charge in [-0.25, -0.2) is 9.18 Å². The highest BCUT2D eigenvalue weighted by molar-refractivity contribution is 7.80. The fourth-order valence-electron chi connectivity index (χ4n) is 2.90. The highest BCUT2D eigenvalue weighted by atomic mass is 32.1. The van der Waals surface area contributed by atoms with Gasteiger partial charge >= 0.3 is 5.97 Å². The van der Waals surface area contributed by atoms with Crippen molar-refractivity contribution in [2.24, 2.45) is 0 Å². The molecule has 2 aromatic rings. The van der Waals surface area contributed by atoms with Crippen molar-refractivity contribution in [1.29, 1.82) is 0 Å². The molecule has 0 amide bonds. The summed E-state index contributed by atoms with van der Waals surface area (Å²) in [5.74, 6) is -2.29. The summed E-state index contributed by atoms with van der Waals surface area (Å²) in [7, 11) is 1.14. The Balaban J connectivity index is 2.23. The Kier molecular flexibility index (Phi) is 5.32. The van der Waals surface area contributed by atoms with Crippen LogP contribution in [0.5, 0.6) is 0 Å². The number of hydrogen-bond acceptors (Lipinski definition) is 4. The lowest BCUT2D eigenvalue weighted by Crippen LogP contribution is -2.46. The van der Waals surface area contributed by atoms with Crippen LogP contribution in [0.15, 0.2) is 54.1 Å². The van der Waals surface area contributed by atoms with Gasteiger partial charge in [0.15, 0.2) is 5.11 Å². The molecule has 2 aromatic carbocycles. The fraction of sp³-hybridized carbons (Fsp3) is 0.150. The quantitative estimate of drug-likeness (QED) is 0.480. The molecule has 0 fully saturated rings. The Morgan fingerprint density at radius 2 is 1.85 bits per heavy atom. The van der Waals surface area contributed by atoms with Crippen molar-refractivity contribution in [3.63, 3.8) is 0 Å². The molecular formula is C20H17FN2O3S. The van der Waals surface area contributed by atoms with E-state index in [0.29, 0.717) is 16.8 Å². The zero-order valence-corrected chi connectivity index (χ0v) is 15.5.